The van der Waals surface area contributed by atoms with Crippen LogP contribution in [0.5, 0.6) is 0 Å². The highest BCUT2D eigenvalue weighted by atomic mass is 16.5. The molecule has 5 nitrogen and oxygen atoms in total. The first-order valence-corrected chi connectivity index (χ1v) is 7.06. The van der Waals surface area contributed by atoms with Gasteiger partial charge < -0.3 is 14.7 Å². The van der Waals surface area contributed by atoms with Crippen molar-refractivity contribution >= 4 is 11.9 Å². The van der Waals surface area contributed by atoms with Crippen molar-refractivity contribution in [2.45, 2.75) is 33.1 Å². The lowest BCUT2D eigenvalue weighted by Crippen LogP contribution is -2.38. The minimum Gasteiger partial charge on any atom is -0.481 e. The smallest absolute Gasteiger partial charge is 0.307 e. The molecular formula is C14H25NO4. The van der Waals surface area contributed by atoms with Crippen LogP contribution < -0.4 is 0 Å². The van der Waals surface area contributed by atoms with Crippen molar-refractivity contribution in [2.75, 3.05) is 26.8 Å². The third-order valence-corrected chi connectivity index (χ3v) is 4.02. The van der Waals surface area contributed by atoms with E-state index < -0.39 is 11.9 Å². The summed E-state index contributed by atoms with van der Waals surface area (Å²) in [6.07, 6.45) is 2.27. The van der Waals surface area contributed by atoms with Crippen molar-refractivity contribution in [3.63, 3.8) is 0 Å². The number of amides is 1. The van der Waals surface area contributed by atoms with E-state index in [1.54, 1.807) is 11.9 Å². The van der Waals surface area contributed by atoms with Gasteiger partial charge in [-0.1, -0.05) is 13.3 Å². The van der Waals surface area contributed by atoms with Crippen LogP contribution >= 0.6 is 0 Å². The van der Waals surface area contributed by atoms with Crippen LogP contribution in [-0.2, 0) is 14.3 Å². The molecule has 1 saturated carbocycles. The molecule has 5 heteroatoms. The first-order valence-electron chi connectivity index (χ1n) is 7.06. The van der Waals surface area contributed by atoms with Crippen LogP contribution in [0, 0.1) is 17.8 Å². The molecule has 1 aliphatic rings. The van der Waals surface area contributed by atoms with Crippen LogP contribution in [0.1, 0.15) is 33.1 Å². The molecule has 0 saturated heterocycles. The van der Waals surface area contributed by atoms with E-state index >= 15 is 0 Å². The predicted molar refractivity (Wildman–Crippen MR) is 71.8 cm³/mol. The number of carbonyl (C=O) groups is 2. The van der Waals surface area contributed by atoms with Gasteiger partial charge in [-0.15, -0.1) is 0 Å². The summed E-state index contributed by atoms with van der Waals surface area (Å²) in [5.74, 6) is -1.42. The summed E-state index contributed by atoms with van der Waals surface area (Å²) in [6.45, 7) is 5.61. The highest BCUT2D eigenvalue weighted by Gasteiger charge is 2.42. The lowest BCUT2D eigenvalue weighted by molar-refractivity contribution is -0.148. The Hall–Kier alpha value is -1.10. The Morgan fingerprint density at radius 1 is 1.26 bits per heavy atom. The van der Waals surface area contributed by atoms with Crippen molar-refractivity contribution < 1.29 is 19.4 Å². The molecule has 1 rings (SSSR count). The number of hydrogen-bond acceptors (Lipinski definition) is 3. The molecule has 0 radical (unpaired) electrons. The maximum atomic E-state index is 12.3. The van der Waals surface area contributed by atoms with Gasteiger partial charge in [-0.3, -0.25) is 9.59 Å². The quantitative estimate of drug-likeness (QED) is 0.714. The Balaban J connectivity index is 2.60. The van der Waals surface area contributed by atoms with E-state index in [-0.39, 0.29) is 11.8 Å². The first kappa shape index (κ1) is 16.0. The van der Waals surface area contributed by atoms with Crippen LogP contribution in [0.25, 0.3) is 0 Å². The minimum atomic E-state index is -0.840. The molecule has 0 aromatic rings. The fraction of sp³-hybridized carbons (Fsp3) is 0.857. The lowest BCUT2D eigenvalue weighted by Gasteiger charge is -2.23. The van der Waals surface area contributed by atoms with Crippen LogP contribution in [0.4, 0.5) is 0 Å². The zero-order chi connectivity index (χ0) is 14.4. The van der Waals surface area contributed by atoms with Gasteiger partial charge in [0.05, 0.1) is 18.4 Å². The summed E-state index contributed by atoms with van der Waals surface area (Å²) in [5.41, 5.74) is 0. The molecule has 0 bridgehead atoms. The van der Waals surface area contributed by atoms with Gasteiger partial charge in [-0.05, 0) is 25.7 Å². The van der Waals surface area contributed by atoms with Crippen molar-refractivity contribution in [1.82, 2.24) is 4.90 Å². The molecule has 0 aromatic heterocycles. The Kier molecular flexibility index (Phi) is 6.28. The van der Waals surface area contributed by atoms with Crippen LogP contribution in [-0.4, -0.2) is 48.7 Å². The third-order valence-electron chi connectivity index (χ3n) is 4.02. The fourth-order valence-electron chi connectivity index (χ4n) is 2.76. The summed E-state index contributed by atoms with van der Waals surface area (Å²) in [6, 6.07) is 0. The van der Waals surface area contributed by atoms with Gasteiger partial charge in [0.25, 0.3) is 0 Å². The number of carboxylic acids is 1. The normalized spacial score (nSPS) is 26.4. The van der Waals surface area contributed by atoms with Crippen molar-refractivity contribution in [1.29, 1.82) is 0 Å². The number of hydrogen-bond donors (Lipinski definition) is 1. The predicted octanol–water partition coefficient (Wildman–Crippen LogP) is 1.62. The molecule has 1 fully saturated rings. The summed E-state index contributed by atoms with van der Waals surface area (Å²) in [7, 11) is 1.72. The van der Waals surface area contributed by atoms with Gasteiger partial charge in [0.2, 0.25) is 5.91 Å². The van der Waals surface area contributed by atoms with Gasteiger partial charge in [-0.2, -0.15) is 0 Å². The summed E-state index contributed by atoms with van der Waals surface area (Å²) >= 11 is 0. The zero-order valence-electron chi connectivity index (χ0n) is 12.1. The Morgan fingerprint density at radius 3 is 2.42 bits per heavy atom. The van der Waals surface area contributed by atoms with Crippen molar-refractivity contribution in [3.05, 3.63) is 0 Å². The maximum Gasteiger partial charge on any atom is 0.307 e. The molecule has 1 N–H and O–H groups in total. The standard InChI is InChI=1S/C14H25NO4/c1-4-10-8-11(12(9-10)14(17)18)13(16)15(3)6-7-19-5-2/h10-12H,4-9H2,1-3H3,(H,17,18). The average Bonchev–Trinajstić information content (AvgIpc) is 2.82. The third kappa shape index (κ3) is 4.20. The summed E-state index contributed by atoms with van der Waals surface area (Å²) in [4.78, 5) is 25.2. The van der Waals surface area contributed by atoms with Gasteiger partial charge in [0.15, 0.2) is 0 Å². The average molecular weight is 271 g/mol. The van der Waals surface area contributed by atoms with Crippen molar-refractivity contribution in [3.8, 4) is 0 Å². The SMILES string of the molecule is CCOCCN(C)C(=O)C1CC(CC)CC1C(=O)O. The molecule has 3 unspecified atom stereocenters. The largest absolute Gasteiger partial charge is 0.481 e. The van der Waals surface area contributed by atoms with Crippen LogP contribution in [0.3, 0.4) is 0 Å². The molecule has 3 atom stereocenters. The maximum absolute atomic E-state index is 12.3. The molecule has 110 valence electrons. The molecule has 1 aliphatic carbocycles. The molecule has 0 heterocycles. The number of ether oxygens (including phenoxy) is 1. The second kappa shape index (κ2) is 7.48. The van der Waals surface area contributed by atoms with Gasteiger partial charge in [-0.25, -0.2) is 0 Å². The van der Waals surface area contributed by atoms with Crippen molar-refractivity contribution in [2.24, 2.45) is 17.8 Å². The summed E-state index contributed by atoms with van der Waals surface area (Å²) in [5, 5.41) is 9.25. The van der Waals surface area contributed by atoms with E-state index in [4.69, 9.17) is 4.74 Å². The first-order chi connectivity index (χ1) is 9.01. The molecule has 19 heavy (non-hydrogen) atoms. The Bertz CT molecular complexity index is 319. The highest BCUT2D eigenvalue weighted by Crippen LogP contribution is 2.39. The minimum absolute atomic E-state index is 0.0527. The number of carbonyl (C=O) groups excluding carboxylic acids is 1. The zero-order valence-corrected chi connectivity index (χ0v) is 12.1. The summed E-state index contributed by atoms with van der Waals surface area (Å²) < 4.78 is 5.22. The number of rotatable bonds is 7. The van der Waals surface area contributed by atoms with Gasteiger partial charge >= 0.3 is 5.97 Å². The second-order valence-corrected chi connectivity index (χ2v) is 5.25. The van der Waals surface area contributed by atoms with E-state index in [2.05, 4.69) is 6.92 Å². The second-order valence-electron chi connectivity index (χ2n) is 5.25. The van der Waals surface area contributed by atoms with Crippen LogP contribution in [0.2, 0.25) is 0 Å². The number of likely N-dealkylation sites (N-methyl/N-ethyl adjacent to an activating group) is 1. The fourth-order valence-corrected chi connectivity index (χ4v) is 2.76. The highest BCUT2D eigenvalue weighted by molar-refractivity contribution is 5.85. The van der Waals surface area contributed by atoms with Crippen LogP contribution in [0.15, 0.2) is 0 Å². The number of aliphatic carboxylic acids is 1. The Morgan fingerprint density at radius 2 is 1.89 bits per heavy atom. The van der Waals surface area contributed by atoms with E-state index in [1.165, 1.54) is 0 Å². The van der Waals surface area contributed by atoms with E-state index in [9.17, 15) is 14.7 Å². The molecule has 0 spiro atoms. The van der Waals surface area contributed by atoms with E-state index in [0.717, 1.165) is 6.42 Å². The van der Waals surface area contributed by atoms with E-state index in [1.807, 2.05) is 6.92 Å². The topological polar surface area (TPSA) is 66.8 Å². The number of carboxylic acid groups (broad SMARTS) is 1. The number of nitrogens with zero attached hydrogens (tertiary/aromatic N) is 1. The van der Waals surface area contributed by atoms with Gasteiger partial charge in [0.1, 0.15) is 0 Å². The Labute approximate surface area is 114 Å². The lowest BCUT2D eigenvalue weighted by atomic mass is 9.95. The molecule has 1 amide bonds. The molecule has 0 aromatic carbocycles. The monoisotopic (exact) mass is 271 g/mol. The molecular weight excluding hydrogens is 246 g/mol. The van der Waals surface area contributed by atoms with Gasteiger partial charge in [0, 0.05) is 20.2 Å². The van der Waals surface area contributed by atoms with E-state index in [0.29, 0.717) is 38.5 Å². The molecule has 0 aliphatic heterocycles.